The summed E-state index contributed by atoms with van der Waals surface area (Å²) < 4.78 is 93.4. The summed E-state index contributed by atoms with van der Waals surface area (Å²) in [6.07, 6.45) is 0.895. The quantitative estimate of drug-likeness (QED) is 0.354. The molecule has 0 radical (unpaired) electrons. The number of halogens is 5. The summed E-state index contributed by atoms with van der Waals surface area (Å²) in [7, 11) is -3.62. The van der Waals surface area contributed by atoms with Crippen LogP contribution in [0.25, 0.3) is 0 Å². The molecule has 10 heteroatoms. The molecule has 0 spiro atoms. The zero-order valence-electron chi connectivity index (χ0n) is 12.4. The lowest BCUT2D eigenvalue weighted by Crippen LogP contribution is -2.12. The molecule has 0 N–H and O–H groups in total. The molecule has 0 fully saturated rings. The van der Waals surface area contributed by atoms with Crippen LogP contribution in [0.1, 0.15) is 15.9 Å². The fourth-order valence-electron chi connectivity index (χ4n) is 1.85. The Morgan fingerprint density at radius 2 is 1.48 bits per heavy atom. The first-order valence-electron chi connectivity index (χ1n) is 6.51. The maximum Gasteiger partial charge on any atom is 0.338 e. The molecule has 0 atom stereocenters. The van der Waals surface area contributed by atoms with E-state index in [4.69, 9.17) is 0 Å². The number of rotatable bonds is 4. The fourth-order valence-corrected chi connectivity index (χ4v) is 2.52. The Hall–Kier alpha value is -2.49. The van der Waals surface area contributed by atoms with Crippen LogP contribution in [0.4, 0.5) is 22.0 Å². The predicted molar refractivity (Wildman–Crippen MR) is 74.9 cm³/mol. The lowest BCUT2D eigenvalue weighted by molar-refractivity contribution is 0.0462. The number of benzene rings is 2. The van der Waals surface area contributed by atoms with E-state index in [0.29, 0.717) is 0 Å². The maximum atomic E-state index is 13.5. The van der Waals surface area contributed by atoms with Gasteiger partial charge in [0.25, 0.3) is 0 Å². The van der Waals surface area contributed by atoms with E-state index in [1.165, 1.54) is 12.1 Å². The van der Waals surface area contributed by atoms with Crippen molar-refractivity contribution in [2.75, 3.05) is 6.26 Å². The molecule has 0 heterocycles. The average molecular weight is 380 g/mol. The normalized spacial score (nSPS) is 11.4. The van der Waals surface area contributed by atoms with Crippen LogP contribution in [0.3, 0.4) is 0 Å². The van der Waals surface area contributed by atoms with Gasteiger partial charge in [-0.15, -0.1) is 0 Å². The summed E-state index contributed by atoms with van der Waals surface area (Å²) >= 11 is 0. The zero-order chi connectivity index (χ0) is 18.9. The summed E-state index contributed by atoms with van der Waals surface area (Å²) in [6.45, 7) is -1.23. The molecule has 0 amide bonds. The molecule has 0 saturated carbocycles. The highest BCUT2D eigenvalue weighted by Gasteiger charge is 2.26. The lowest BCUT2D eigenvalue weighted by atomic mass is 10.2. The predicted octanol–water partition coefficient (Wildman–Crippen LogP) is 3.14. The van der Waals surface area contributed by atoms with Crippen molar-refractivity contribution in [3.05, 3.63) is 64.5 Å². The third-order valence-corrected chi connectivity index (χ3v) is 4.26. The number of sulfone groups is 1. The maximum absolute atomic E-state index is 13.5. The van der Waals surface area contributed by atoms with Gasteiger partial charge in [0.1, 0.15) is 6.61 Å². The molecule has 0 aliphatic carbocycles. The molecule has 0 bridgehead atoms. The lowest BCUT2D eigenvalue weighted by Gasteiger charge is -2.09. The van der Waals surface area contributed by atoms with Crippen LogP contribution in [0, 0.1) is 29.1 Å². The largest absolute Gasteiger partial charge is 0.457 e. The highest BCUT2D eigenvalue weighted by molar-refractivity contribution is 7.90. The SMILES string of the molecule is CS(=O)(=O)c1cccc(C(=O)OCc2c(F)c(F)c(F)c(F)c2F)c1. The summed E-state index contributed by atoms with van der Waals surface area (Å²) in [6, 6.07) is 4.55. The highest BCUT2D eigenvalue weighted by Crippen LogP contribution is 2.24. The van der Waals surface area contributed by atoms with E-state index in [-0.39, 0.29) is 10.5 Å². The summed E-state index contributed by atoms with van der Waals surface area (Å²) in [5, 5.41) is 0. The van der Waals surface area contributed by atoms with Gasteiger partial charge in [0, 0.05) is 6.26 Å². The van der Waals surface area contributed by atoms with Crippen LogP contribution in [0.5, 0.6) is 0 Å². The first-order chi connectivity index (χ1) is 11.5. The van der Waals surface area contributed by atoms with Crippen molar-refractivity contribution in [2.24, 2.45) is 0 Å². The first kappa shape index (κ1) is 18.8. The minimum atomic E-state index is -3.62. The Morgan fingerprint density at radius 3 is 2.00 bits per heavy atom. The molecule has 134 valence electrons. The zero-order valence-corrected chi connectivity index (χ0v) is 13.3. The van der Waals surface area contributed by atoms with Crippen molar-refractivity contribution >= 4 is 15.8 Å². The first-order valence-corrected chi connectivity index (χ1v) is 8.40. The van der Waals surface area contributed by atoms with E-state index >= 15 is 0 Å². The summed E-state index contributed by atoms with van der Waals surface area (Å²) in [4.78, 5) is 11.6. The van der Waals surface area contributed by atoms with Gasteiger partial charge in [-0.2, -0.15) is 0 Å². The highest BCUT2D eigenvalue weighted by atomic mass is 32.2. The van der Waals surface area contributed by atoms with Gasteiger partial charge in [0.05, 0.1) is 16.0 Å². The van der Waals surface area contributed by atoms with Gasteiger partial charge in [-0.05, 0) is 18.2 Å². The molecule has 0 aliphatic rings. The third-order valence-electron chi connectivity index (χ3n) is 3.15. The van der Waals surface area contributed by atoms with Crippen molar-refractivity contribution in [2.45, 2.75) is 11.5 Å². The Balaban J connectivity index is 2.27. The van der Waals surface area contributed by atoms with E-state index in [1.54, 1.807) is 0 Å². The Kier molecular flexibility index (Phi) is 5.12. The van der Waals surface area contributed by atoms with Crippen LogP contribution < -0.4 is 0 Å². The van der Waals surface area contributed by atoms with Gasteiger partial charge < -0.3 is 4.74 Å². The molecule has 2 aromatic rings. The minimum Gasteiger partial charge on any atom is -0.457 e. The van der Waals surface area contributed by atoms with E-state index in [1.807, 2.05) is 0 Å². The van der Waals surface area contributed by atoms with Gasteiger partial charge in [0.2, 0.25) is 5.82 Å². The summed E-state index contributed by atoms with van der Waals surface area (Å²) in [5.74, 6) is -12.1. The standard InChI is InChI=1S/C15H9F5O4S/c1-25(22,23)8-4-2-3-7(5-8)15(21)24-6-9-10(16)12(18)14(20)13(19)11(9)17/h2-5H,6H2,1H3. The molecule has 4 nitrogen and oxygen atoms in total. The molecule has 0 aromatic heterocycles. The molecule has 2 aromatic carbocycles. The van der Waals surface area contributed by atoms with Crippen molar-refractivity contribution in [1.82, 2.24) is 0 Å². The topological polar surface area (TPSA) is 60.4 Å². The molecule has 0 saturated heterocycles. The summed E-state index contributed by atoms with van der Waals surface area (Å²) in [5.41, 5.74) is -1.59. The molecule has 2 rings (SSSR count). The van der Waals surface area contributed by atoms with E-state index in [0.717, 1.165) is 18.4 Å². The molecular formula is C15H9F5O4S. The van der Waals surface area contributed by atoms with Crippen molar-refractivity contribution in [1.29, 1.82) is 0 Å². The van der Waals surface area contributed by atoms with Crippen molar-refractivity contribution in [3.8, 4) is 0 Å². The van der Waals surface area contributed by atoms with Gasteiger partial charge in [-0.1, -0.05) is 6.07 Å². The second-order valence-corrected chi connectivity index (χ2v) is 6.94. The monoisotopic (exact) mass is 380 g/mol. The number of ether oxygens (including phenoxy) is 1. The smallest absolute Gasteiger partial charge is 0.338 e. The molecular weight excluding hydrogens is 371 g/mol. The number of hydrogen-bond acceptors (Lipinski definition) is 4. The Bertz CT molecular complexity index is 928. The Morgan fingerprint density at radius 1 is 0.960 bits per heavy atom. The number of carbonyl (C=O) groups is 1. The van der Waals surface area contributed by atoms with Crippen LogP contribution >= 0.6 is 0 Å². The minimum absolute atomic E-state index is 0.210. The van der Waals surface area contributed by atoms with Gasteiger partial charge in [-0.3, -0.25) is 0 Å². The number of hydrogen-bond donors (Lipinski definition) is 0. The van der Waals surface area contributed by atoms with Crippen molar-refractivity contribution < 1.29 is 39.9 Å². The molecule has 25 heavy (non-hydrogen) atoms. The number of carbonyl (C=O) groups excluding carboxylic acids is 1. The number of esters is 1. The molecule has 0 aliphatic heterocycles. The molecule has 0 unspecified atom stereocenters. The van der Waals surface area contributed by atoms with E-state index in [9.17, 15) is 35.2 Å². The van der Waals surface area contributed by atoms with Crippen molar-refractivity contribution in [3.63, 3.8) is 0 Å². The van der Waals surface area contributed by atoms with E-state index in [2.05, 4.69) is 4.74 Å². The average Bonchev–Trinajstić information content (AvgIpc) is 2.57. The van der Waals surface area contributed by atoms with Gasteiger partial charge >= 0.3 is 5.97 Å². The van der Waals surface area contributed by atoms with Crippen LogP contribution in [0.15, 0.2) is 29.2 Å². The van der Waals surface area contributed by atoms with E-state index < -0.39 is 57.1 Å². The fraction of sp³-hybridized carbons (Fsp3) is 0.133. The second-order valence-electron chi connectivity index (χ2n) is 4.92. The van der Waals surface area contributed by atoms with Gasteiger partial charge in [0.15, 0.2) is 33.1 Å². The van der Waals surface area contributed by atoms with Crippen LogP contribution in [-0.2, 0) is 21.2 Å². The van der Waals surface area contributed by atoms with Crippen LogP contribution in [-0.4, -0.2) is 20.6 Å². The Labute approximate surface area is 138 Å². The second kappa shape index (κ2) is 6.79. The van der Waals surface area contributed by atoms with Gasteiger partial charge in [-0.25, -0.2) is 35.2 Å². The third kappa shape index (κ3) is 3.78. The van der Waals surface area contributed by atoms with Crippen LogP contribution in [0.2, 0.25) is 0 Å².